The van der Waals surface area contributed by atoms with Crippen molar-refractivity contribution < 1.29 is 27.2 Å². The third-order valence-electron chi connectivity index (χ3n) is 5.47. The second kappa shape index (κ2) is 9.03. The van der Waals surface area contributed by atoms with Crippen LogP contribution in [0.3, 0.4) is 0 Å². The Bertz CT molecular complexity index is 798. The maximum atomic E-state index is 14.2. The number of carbonyl (C=O) groups is 2. The number of rotatable bonds is 4. The van der Waals surface area contributed by atoms with Crippen LogP contribution in [0.15, 0.2) is 30.9 Å². The summed E-state index contributed by atoms with van der Waals surface area (Å²) in [5, 5.41) is 0. The van der Waals surface area contributed by atoms with Crippen LogP contribution in [0.2, 0.25) is 0 Å². The molecule has 2 aliphatic rings. The number of anilines is 1. The summed E-state index contributed by atoms with van der Waals surface area (Å²) in [7, 11) is 0. The van der Waals surface area contributed by atoms with Crippen LogP contribution in [0.5, 0.6) is 0 Å². The van der Waals surface area contributed by atoms with Crippen LogP contribution < -0.4 is 4.90 Å². The number of benzene rings is 1. The van der Waals surface area contributed by atoms with Crippen LogP contribution in [-0.4, -0.2) is 85.4 Å². The number of hydrogen-bond acceptors (Lipinski definition) is 4. The van der Waals surface area contributed by atoms with Crippen LogP contribution in [0.4, 0.5) is 23.2 Å². The van der Waals surface area contributed by atoms with Gasteiger partial charge in [0.1, 0.15) is 5.82 Å². The molecule has 2 saturated heterocycles. The monoisotopic (exact) mass is 428 g/mol. The van der Waals surface area contributed by atoms with Crippen molar-refractivity contribution >= 4 is 17.5 Å². The Morgan fingerprint density at radius 3 is 2.10 bits per heavy atom. The fraction of sp³-hybridized carbons (Fsp3) is 0.500. The van der Waals surface area contributed by atoms with E-state index in [0.717, 1.165) is 12.1 Å². The molecule has 30 heavy (non-hydrogen) atoms. The predicted molar refractivity (Wildman–Crippen MR) is 103 cm³/mol. The van der Waals surface area contributed by atoms with Gasteiger partial charge in [0.05, 0.1) is 17.8 Å². The lowest BCUT2D eigenvalue weighted by atomic mass is 10.1. The van der Waals surface area contributed by atoms with E-state index in [-0.39, 0.29) is 24.0 Å². The average molecular weight is 428 g/mol. The summed E-state index contributed by atoms with van der Waals surface area (Å²) in [4.78, 5) is 31.2. The normalized spacial score (nSPS) is 18.5. The van der Waals surface area contributed by atoms with Gasteiger partial charge in [-0.1, -0.05) is 6.58 Å². The quantitative estimate of drug-likeness (QED) is 0.542. The van der Waals surface area contributed by atoms with Gasteiger partial charge in [0.25, 0.3) is 0 Å². The molecule has 0 aliphatic carbocycles. The lowest BCUT2D eigenvalue weighted by molar-refractivity contribution is -0.138. The minimum absolute atomic E-state index is 0.0500. The van der Waals surface area contributed by atoms with Crippen molar-refractivity contribution in [2.24, 2.45) is 0 Å². The highest BCUT2D eigenvalue weighted by Gasteiger charge is 2.32. The lowest BCUT2D eigenvalue weighted by Crippen LogP contribution is -2.54. The third kappa shape index (κ3) is 5.10. The van der Waals surface area contributed by atoms with Crippen molar-refractivity contribution in [3.63, 3.8) is 0 Å². The first-order valence-corrected chi connectivity index (χ1v) is 9.72. The molecule has 2 heterocycles. The van der Waals surface area contributed by atoms with E-state index in [9.17, 15) is 27.2 Å². The topological polar surface area (TPSA) is 47.1 Å². The van der Waals surface area contributed by atoms with Gasteiger partial charge < -0.3 is 14.7 Å². The van der Waals surface area contributed by atoms with Crippen LogP contribution in [0.1, 0.15) is 5.56 Å². The first-order chi connectivity index (χ1) is 14.2. The van der Waals surface area contributed by atoms with E-state index in [1.54, 1.807) is 14.7 Å². The lowest BCUT2D eigenvalue weighted by Gasteiger charge is -2.38. The van der Waals surface area contributed by atoms with Crippen molar-refractivity contribution in [1.82, 2.24) is 14.7 Å². The Hall–Kier alpha value is -2.62. The van der Waals surface area contributed by atoms with E-state index in [4.69, 9.17) is 0 Å². The molecule has 164 valence electrons. The van der Waals surface area contributed by atoms with E-state index in [1.807, 2.05) is 4.90 Å². The molecule has 2 aliphatic heterocycles. The van der Waals surface area contributed by atoms with Crippen molar-refractivity contribution in [3.8, 4) is 0 Å². The van der Waals surface area contributed by atoms with Gasteiger partial charge >= 0.3 is 6.18 Å². The SMILES string of the molecule is C=CC(=O)N1CCN(CC(=O)N2CCN(c3ccc(C(F)(F)F)cc3F)CC2)CC1. The summed E-state index contributed by atoms with van der Waals surface area (Å²) in [6, 6.07) is 2.51. The third-order valence-corrected chi connectivity index (χ3v) is 5.47. The Morgan fingerprint density at radius 2 is 1.57 bits per heavy atom. The molecule has 0 N–H and O–H groups in total. The van der Waals surface area contributed by atoms with Crippen LogP contribution in [0.25, 0.3) is 0 Å². The smallest absolute Gasteiger partial charge is 0.366 e. The van der Waals surface area contributed by atoms with Gasteiger partial charge in [-0.05, 0) is 24.3 Å². The van der Waals surface area contributed by atoms with Gasteiger partial charge in [-0.2, -0.15) is 13.2 Å². The number of nitrogens with zero attached hydrogens (tertiary/aromatic N) is 4. The second-order valence-electron chi connectivity index (χ2n) is 7.34. The summed E-state index contributed by atoms with van der Waals surface area (Å²) in [5.41, 5.74) is -0.912. The zero-order chi connectivity index (χ0) is 21.9. The van der Waals surface area contributed by atoms with Crippen molar-refractivity contribution in [3.05, 3.63) is 42.2 Å². The molecule has 0 bridgehead atoms. The first kappa shape index (κ1) is 22.1. The number of carbonyl (C=O) groups excluding carboxylic acids is 2. The molecule has 2 amide bonds. The minimum atomic E-state index is -4.59. The van der Waals surface area contributed by atoms with Gasteiger partial charge in [-0.25, -0.2) is 4.39 Å². The molecule has 3 rings (SSSR count). The van der Waals surface area contributed by atoms with E-state index in [1.165, 1.54) is 6.08 Å². The fourth-order valence-corrected chi connectivity index (χ4v) is 3.68. The van der Waals surface area contributed by atoms with E-state index in [2.05, 4.69) is 6.58 Å². The van der Waals surface area contributed by atoms with Crippen molar-refractivity contribution in [1.29, 1.82) is 0 Å². The Balaban J connectivity index is 1.49. The number of amides is 2. The fourth-order valence-electron chi connectivity index (χ4n) is 3.68. The Morgan fingerprint density at radius 1 is 0.967 bits per heavy atom. The van der Waals surface area contributed by atoms with Gasteiger partial charge in [0, 0.05) is 52.4 Å². The number of piperazine rings is 2. The highest BCUT2D eigenvalue weighted by molar-refractivity contribution is 5.87. The molecule has 6 nitrogen and oxygen atoms in total. The minimum Gasteiger partial charge on any atom is -0.366 e. The standard InChI is InChI=1S/C20H24F4N4O2/c1-2-18(29)27-7-5-25(6-8-27)14-19(30)28-11-9-26(10-12-28)17-4-3-15(13-16(17)21)20(22,23)24/h2-4,13H,1,5-12,14H2. The van der Waals surface area contributed by atoms with Gasteiger partial charge in [-0.3, -0.25) is 14.5 Å². The Kier molecular flexibility index (Phi) is 6.64. The number of alkyl halides is 3. The maximum Gasteiger partial charge on any atom is 0.416 e. The van der Waals surface area contributed by atoms with Gasteiger partial charge in [0.2, 0.25) is 11.8 Å². The predicted octanol–water partition coefficient (Wildman–Crippen LogP) is 1.82. The first-order valence-electron chi connectivity index (χ1n) is 9.72. The summed E-state index contributed by atoms with van der Waals surface area (Å²) < 4.78 is 52.3. The summed E-state index contributed by atoms with van der Waals surface area (Å²) in [6.45, 7) is 7.41. The second-order valence-corrected chi connectivity index (χ2v) is 7.34. The van der Waals surface area contributed by atoms with E-state index in [0.29, 0.717) is 58.4 Å². The molecule has 1 aromatic carbocycles. The molecule has 0 aromatic heterocycles. The average Bonchev–Trinajstić information content (AvgIpc) is 2.73. The number of halogens is 4. The van der Waals surface area contributed by atoms with Gasteiger partial charge in [-0.15, -0.1) is 0 Å². The van der Waals surface area contributed by atoms with E-state index < -0.39 is 17.6 Å². The van der Waals surface area contributed by atoms with Crippen LogP contribution in [0, 0.1) is 5.82 Å². The highest BCUT2D eigenvalue weighted by Crippen LogP contribution is 2.32. The zero-order valence-electron chi connectivity index (χ0n) is 16.5. The summed E-state index contributed by atoms with van der Waals surface area (Å²) in [5.74, 6) is -1.09. The van der Waals surface area contributed by atoms with E-state index >= 15 is 0 Å². The maximum absolute atomic E-state index is 14.2. The van der Waals surface area contributed by atoms with Crippen LogP contribution in [-0.2, 0) is 15.8 Å². The molecule has 0 atom stereocenters. The molecule has 0 radical (unpaired) electrons. The number of hydrogen-bond donors (Lipinski definition) is 0. The highest BCUT2D eigenvalue weighted by atomic mass is 19.4. The summed E-state index contributed by atoms with van der Waals surface area (Å²) in [6.07, 6.45) is -3.31. The van der Waals surface area contributed by atoms with Crippen LogP contribution >= 0.6 is 0 Å². The summed E-state index contributed by atoms with van der Waals surface area (Å²) >= 11 is 0. The molecule has 2 fully saturated rings. The molecule has 10 heteroatoms. The van der Waals surface area contributed by atoms with Crippen molar-refractivity contribution in [2.45, 2.75) is 6.18 Å². The molecule has 1 aromatic rings. The molecule has 0 saturated carbocycles. The Labute approximate surface area is 172 Å². The molecular formula is C20H24F4N4O2. The molecular weight excluding hydrogens is 404 g/mol. The van der Waals surface area contributed by atoms with Gasteiger partial charge in [0.15, 0.2) is 0 Å². The largest absolute Gasteiger partial charge is 0.416 e. The van der Waals surface area contributed by atoms with Crippen molar-refractivity contribution in [2.75, 3.05) is 63.8 Å². The molecule has 0 spiro atoms. The zero-order valence-corrected chi connectivity index (χ0v) is 16.5. The molecule has 0 unspecified atom stereocenters.